The number of hydrogen-bond donors (Lipinski definition) is 0. The smallest absolute Gasteiger partial charge is 0.413 e. The zero-order valence-corrected chi connectivity index (χ0v) is 17.5. The molecule has 0 bridgehead atoms. The molecule has 5 nitrogen and oxygen atoms in total. The Hall–Kier alpha value is -1.85. The van der Waals surface area contributed by atoms with Crippen LogP contribution in [0.4, 0.5) is 4.79 Å². The highest BCUT2D eigenvalue weighted by molar-refractivity contribution is 5.70. The average Bonchev–Trinajstić information content (AvgIpc) is 2.89. The lowest BCUT2D eigenvalue weighted by Crippen LogP contribution is -2.58. The van der Waals surface area contributed by atoms with Crippen LogP contribution in [-0.2, 0) is 20.8 Å². The van der Waals surface area contributed by atoms with Crippen LogP contribution in [0.2, 0.25) is 0 Å². The fourth-order valence-corrected chi connectivity index (χ4v) is 3.31. The molecule has 1 heterocycles. The molecule has 1 aromatic rings. The molecule has 0 saturated carbocycles. The van der Waals surface area contributed by atoms with Crippen molar-refractivity contribution in [2.24, 2.45) is 0 Å². The predicted molar refractivity (Wildman–Crippen MR) is 106 cm³/mol. The van der Waals surface area contributed by atoms with Gasteiger partial charge < -0.3 is 14.2 Å². The third-order valence-corrected chi connectivity index (χ3v) is 4.74. The maximum atomic E-state index is 13.0. The zero-order chi connectivity index (χ0) is 20.3. The molecular weight excluding hydrogens is 342 g/mol. The van der Waals surface area contributed by atoms with Crippen molar-refractivity contribution in [1.29, 1.82) is 0 Å². The van der Waals surface area contributed by atoms with Gasteiger partial charge in [0.25, 0.3) is 0 Å². The van der Waals surface area contributed by atoms with Crippen LogP contribution in [0.3, 0.4) is 0 Å². The van der Waals surface area contributed by atoms with E-state index >= 15 is 0 Å². The fourth-order valence-electron chi connectivity index (χ4n) is 3.31. The molecule has 1 aromatic carbocycles. The molecule has 27 heavy (non-hydrogen) atoms. The summed E-state index contributed by atoms with van der Waals surface area (Å²) >= 11 is 0. The molecule has 0 aliphatic carbocycles. The molecule has 5 heteroatoms. The molecule has 1 aliphatic rings. The summed E-state index contributed by atoms with van der Waals surface area (Å²) in [5.74, 6) is 0. The lowest BCUT2D eigenvalue weighted by molar-refractivity contribution is -0.104. The minimum Gasteiger partial charge on any atom is -0.444 e. The van der Waals surface area contributed by atoms with Gasteiger partial charge in [-0.15, -0.1) is 6.58 Å². The Morgan fingerprint density at radius 2 is 1.93 bits per heavy atom. The lowest BCUT2D eigenvalue weighted by Gasteiger charge is -2.42. The Balaban J connectivity index is 2.26. The largest absolute Gasteiger partial charge is 0.444 e. The van der Waals surface area contributed by atoms with E-state index in [2.05, 4.69) is 6.58 Å². The second-order valence-electron chi connectivity index (χ2n) is 8.70. The van der Waals surface area contributed by atoms with Crippen molar-refractivity contribution >= 4 is 6.09 Å². The second-order valence-corrected chi connectivity index (χ2v) is 8.70. The Bertz CT molecular complexity index is 650. The first-order valence-electron chi connectivity index (χ1n) is 9.43. The number of rotatable bonds is 6. The van der Waals surface area contributed by atoms with Gasteiger partial charge in [0.15, 0.2) is 0 Å². The van der Waals surface area contributed by atoms with E-state index in [1.807, 2.05) is 78.0 Å². The van der Waals surface area contributed by atoms with E-state index in [1.165, 1.54) is 0 Å². The summed E-state index contributed by atoms with van der Waals surface area (Å²) in [6, 6.07) is 9.70. The van der Waals surface area contributed by atoms with E-state index in [9.17, 15) is 4.79 Å². The zero-order valence-electron chi connectivity index (χ0n) is 17.5. The number of carbonyl (C=O) groups excluding carboxylic acids is 1. The molecule has 0 aromatic heterocycles. The molecule has 1 saturated heterocycles. The summed E-state index contributed by atoms with van der Waals surface area (Å²) in [5, 5.41) is 0. The van der Waals surface area contributed by atoms with Crippen LogP contribution in [0.5, 0.6) is 0 Å². The Morgan fingerprint density at radius 3 is 2.48 bits per heavy atom. The van der Waals surface area contributed by atoms with Gasteiger partial charge in [-0.2, -0.15) is 0 Å². The summed E-state index contributed by atoms with van der Waals surface area (Å²) in [6.45, 7) is 16.0. The Morgan fingerprint density at radius 1 is 1.30 bits per heavy atom. The van der Waals surface area contributed by atoms with Crippen molar-refractivity contribution in [3.63, 3.8) is 0 Å². The van der Waals surface area contributed by atoms with Gasteiger partial charge >= 0.3 is 6.09 Å². The molecular formula is C22H33NO4. The summed E-state index contributed by atoms with van der Waals surface area (Å²) in [5.41, 5.74) is -0.928. The maximum absolute atomic E-state index is 13.0. The van der Waals surface area contributed by atoms with Crippen LogP contribution in [0, 0.1) is 0 Å². The highest BCUT2D eigenvalue weighted by Gasteiger charge is 2.53. The van der Waals surface area contributed by atoms with Crippen molar-refractivity contribution in [3.8, 4) is 0 Å². The van der Waals surface area contributed by atoms with Gasteiger partial charge in [-0.25, -0.2) is 4.79 Å². The molecule has 150 valence electrons. The minimum absolute atomic E-state index is 0.288. The van der Waals surface area contributed by atoms with Crippen molar-refractivity contribution in [2.75, 3.05) is 6.61 Å². The molecule has 2 unspecified atom stereocenters. The number of amides is 1. The molecule has 1 aliphatic heterocycles. The third kappa shape index (κ3) is 5.33. The number of benzene rings is 1. The standard InChI is InChI=1S/C22H33NO4/c1-8-14-22(7,26-15-17-12-10-9-11-13-17)18-16-25-21(5,6)23(18)19(24)27-20(2,3)4/h8-13,18H,1,14-16H2,2-7H3. The van der Waals surface area contributed by atoms with E-state index in [-0.39, 0.29) is 6.04 Å². The van der Waals surface area contributed by atoms with Crippen molar-refractivity contribution in [3.05, 3.63) is 48.6 Å². The predicted octanol–water partition coefficient (Wildman–Crippen LogP) is 4.91. The number of carbonyl (C=O) groups is 1. The average molecular weight is 376 g/mol. The van der Waals surface area contributed by atoms with Crippen LogP contribution in [0.15, 0.2) is 43.0 Å². The highest BCUT2D eigenvalue weighted by atomic mass is 16.6. The van der Waals surface area contributed by atoms with Crippen LogP contribution in [-0.4, -0.2) is 40.6 Å². The normalized spacial score (nSPS) is 21.6. The third-order valence-electron chi connectivity index (χ3n) is 4.74. The number of nitrogens with zero attached hydrogens (tertiary/aromatic N) is 1. The van der Waals surface area contributed by atoms with Crippen molar-refractivity contribution in [1.82, 2.24) is 4.90 Å². The second kappa shape index (κ2) is 8.03. The van der Waals surface area contributed by atoms with Gasteiger partial charge in [0.2, 0.25) is 0 Å². The molecule has 0 N–H and O–H groups in total. The quantitative estimate of drug-likeness (QED) is 0.663. The Labute approximate surface area is 163 Å². The van der Waals surface area contributed by atoms with Crippen molar-refractivity contribution in [2.45, 2.75) is 77.5 Å². The van der Waals surface area contributed by atoms with E-state index < -0.39 is 23.0 Å². The van der Waals surface area contributed by atoms with E-state index in [1.54, 1.807) is 4.90 Å². The molecule has 2 atom stereocenters. The van der Waals surface area contributed by atoms with E-state index in [0.717, 1.165) is 5.56 Å². The first-order valence-corrected chi connectivity index (χ1v) is 9.43. The number of hydrogen-bond acceptors (Lipinski definition) is 4. The van der Waals surface area contributed by atoms with Gasteiger partial charge in [-0.1, -0.05) is 36.4 Å². The molecule has 1 fully saturated rings. The molecule has 1 amide bonds. The summed E-state index contributed by atoms with van der Waals surface area (Å²) in [6.07, 6.45) is 2.01. The number of ether oxygens (including phenoxy) is 3. The SMILES string of the molecule is C=CCC(C)(OCc1ccccc1)C1COC(C)(C)N1C(=O)OC(C)(C)C. The fraction of sp³-hybridized carbons (Fsp3) is 0.591. The first-order chi connectivity index (χ1) is 12.5. The van der Waals surface area contributed by atoms with Crippen molar-refractivity contribution < 1.29 is 19.0 Å². The highest BCUT2D eigenvalue weighted by Crippen LogP contribution is 2.38. The van der Waals surface area contributed by atoms with E-state index in [0.29, 0.717) is 19.6 Å². The summed E-state index contributed by atoms with van der Waals surface area (Å²) < 4.78 is 17.9. The van der Waals surface area contributed by atoms with Gasteiger partial charge in [0.1, 0.15) is 11.3 Å². The van der Waals surface area contributed by atoms with Crippen LogP contribution in [0.25, 0.3) is 0 Å². The van der Waals surface area contributed by atoms with Crippen LogP contribution < -0.4 is 0 Å². The first kappa shape index (κ1) is 21.5. The molecule has 0 radical (unpaired) electrons. The monoisotopic (exact) mass is 375 g/mol. The Kier molecular flexibility index (Phi) is 6.38. The maximum Gasteiger partial charge on any atom is 0.413 e. The van der Waals surface area contributed by atoms with Crippen LogP contribution in [0.1, 0.15) is 53.5 Å². The van der Waals surface area contributed by atoms with Gasteiger partial charge in [-0.05, 0) is 53.5 Å². The topological polar surface area (TPSA) is 48.0 Å². The molecule has 2 rings (SSSR count). The van der Waals surface area contributed by atoms with Crippen LogP contribution >= 0.6 is 0 Å². The van der Waals surface area contributed by atoms with E-state index in [4.69, 9.17) is 14.2 Å². The lowest BCUT2D eigenvalue weighted by atomic mass is 9.91. The summed E-state index contributed by atoms with van der Waals surface area (Å²) in [4.78, 5) is 14.6. The van der Waals surface area contributed by atoms with Gasteiger partial charge in [0, 0.05) is 0 Å². The molecule has 0 spiro atoms. The van der Waals surface area contributed by atoms with Gasteiger partial charge in [-0.3, -0.25) is 4.90 Å². The van der Waals surface area contributed by atoms with Gasteiger partial charge in [0.05, 0.1) is 24.9 Å². The summed E-state index contributed by atoms with van der Waals surface area (Å²) in [7, 11) is 0. The minimum atomic E-state index is -0.772.